The highest BCUT2D eigenvalue weighted by Crippen LogP contribution is 2.37. The molecule has 1 aromatic heterocycles. The molecule has 0 atom stereocenters. The first-order valence-electron chi connectivity index (χ1n) is 7.38. The molecule has 26 heavy (non-hydrogen) atoms. The molecule has 5 nitrogen and oxygen atoms in total. The fourth-order valence-corrected chi connectivity index (χ4v) is 4.20. The normalized spacial score (nSPS) is 15.9. The van der Waals surface area contributed by atoms with Crippen molar-refractivity contribution < 1.29 is 19.1 Å². The number of aliphatic carboxylic acids is 1. The highest BCUT2D eigenvalue weighted by atomic mass is 35.5. The van der Waals surface area contributed by atoms with E-state index in [1.54, 1.807) is 36.4 Å². The van der Waals surface area contributed by atoms with Gasteiger partial charge >= 0.3 is 5.97 Å². The molecule has 2 aromatic rings. The predicted octanol–water partition coefficient (Wildman–Crippen LogP) is 4.93. The number of carboxylic acid groups (broad SMARTS) is 1. The van der Waals surface area contributed by atoms with E-state index >= 15 is 0 Å². The number of benzene rings is 1. The van der Waals surface area contributed by atoms with E-state index in [0.717, 1.165) is 11.8 Å². The summed E-state index contributed by atoms with van der Waals surface area (Å²) in [5.74, 6) is -0.409. The molecule has 0 unspecified atom stereocenters. The zero-order chi connectivity index (χ0) is 18.8. The molecule has 1 fully saturated rings. The Morgan fingerprint density at radius 2 is 1.96 bits per heavy atom. The van der Waals surface area contributed by atoms with E-state index in [0.29, 0.717) is 36.4 Å². The van der Waals surface area contributed by atoms with Gasteiger partial charge in [-0.15, -0.1) is 0 Å². The van der Waals surface area contributed by atoms with E-state index in [2.05, 4.69) is 0 Å². The molecule has 0 spiro atoms. The summed E-state index contributed by atoms with van der Waals surface area (Å²) in [7, 11) is 0. The lowest BCUT2D eigenvalue weighted by atomic mass is 10.2. The molecule has 0 saturated carbocycles. The maximum atomic E-state index is 12.4. The van der Waals surface area contributed by atoms with Crippen LogP contribution in [0.4, 0.5) is 0 Å². The zero-order valence-electron chi connectivity index (χ0n) is 13.1. The summed E-state index contributed by atoms with van der Waals surface area (Å²) in [4.78, 5) is 24.7. The molecule has 3 rings (SSSR count). The van der Waals surface area contributed by atoms with E-state index in [1.807, 2.05) is 0 Å². The summed E-state index contributed by atoms with van der Waals surface area (Å²) < 4.78 is 6.07. The summed E-state index contributed by atoms with van der Waals surface area (Å²) in [5.41, 5.74) is 0.574. The number of hydrogen-bond acceptors (Lipinski definition) is 5. The Balaban J connectivity index is 1.83. The molecule has 0 aliphatic carbocycles. The van der Waals surface area contributed by atoms with Crippen LogP contribution in [0.15, 0.2) is 39.7 Å². The lowest BCUT2D eigenvalue weighted by Crippen LogP contribution is -2.30. The molecule has 0 radical (unpaired) electrons. The van der Waals surface area contributed by atoms with Gasteiger partial charge in [-0.1, -0.05) is 53.2 Å². The van der Waals surface area contributed by atoms with Gasteiger partial charge in [-0.25, -0.2) is 0 Å². The van der Waals surface area contributed by atoms with E-state index in [9.17, 15) is 9.59 Å². The number of rotatable bonds is 5. The van der Waals surface area contributed by atoms with Gasteiger partial charge in [0.05, 0.1) is 26.9 Å². The average Bonchev–Trinajstić information content (AvgIpc) is 3.11. The Labute approximate surface area is 168 Å². The molecule has 1 aromatic carbocycles. The summed E-state index contributed by atoms with van der Waals surface area (Å²) in [6.45, 7) is 0.0377. The molecular formula is C17H11Cl2NO4S2. The Morgan fingerprint density at radius 1 is 1.27 bits per heavy atom. The zero-order valence-corrected chi connectivity index (χ0v) is 16.2. The number of carboxylic acids is 1. The van der Waals surface area contributed by atoms with Crippen LogP contribution < -0.4 is 0 Å². The van der Waals surface area contributed by atoms with Crippen LogP contribution in [0, 0.1) is 0 Å². The smallest absolute Gasteiger partial charge is 0.305 e. The predicted molar refractivity (Wildman–Crippen MR) is 106 cm³/mol. The van der Waals surface area contributed by atoms with Crippen LogP contribution in [-0.2, 0) is 9.59 Å². The van der Waals surface area contributed by atoms with Crippen LogP contribution in [0.2, 0.25) is 10.0 Å². The Hall–Kier alpha value is -1.80. The quantitative estimate of drug-likeness (QED) is 0.538. The third kappa shape index (κ3) is 3.96. The average molecular weight is 428 g/mol. The summed E-state index contributed by atoms with van der Waals surface area (Å²) in [5, 5.41) is 9.68. The Morgan fingerprint density at radius 3 is 2.62 bits per heavy atom. The van der Waals surface area contributed by atoms with Gasteiger partial charge in [-0.3, -0.25) is 14.5 Å². The van der Waals surface area contributed by atoms with E-state index < -0.39 is 5.97 Å². The lowest BCUT2D eigenvalue weighted by Gasteiger charge is -2.12. The van der Waals surface area contributed by atoms with E-state index in [1.165, 1.54) is 4.90 Å². The Bertz CT molecular complexity index is 918. The van der Waals surface area contributed by atoms with Gasteiger partial charge in [0.1, 0.15) is 15.8 Å². The van der Waals surface area contributed by atoms with Gasteiger partial charge in [-0.2, -0.15) is 0 Å². The number of hydrogen-bond donors (Lipinski definition) is 1. The maximum Gasteiger partial charge on any atom is 0.305 e. The molecule has 1 saturated heterocycles. The Kier molecular flexibility index (Phi) is 5.72. The monoisotopic (exact) mass is 427 g/mol. The SMILES string of the molecule is O=C(O)CCN1C(=O)/C(=C/c2ccc(-c3c(Cl)cccc3Cl)o2)SC1=S. The minimum absolute atomic E-state index is 0.0377. The molecule has 2 heterocycles. The minimum Gasteiger partial charge on any atom is -0.481 e. The lowest BCUT2D eigenvalue weighted by molar-refractivity contribution is -0.137. The third-order valence-corrected chi connectivity index (χ3v) is 5.54. The van der Waals surface area contributed by atoms with Gasteiger partial charge in [-0.05, 0) is 24.3 Å². The number of thiocarbonyl (C=S) groups is 1. The first kappa shape index (κ1) is 19.0. The van der Waals surface area contributed by atoms with Gasteiger partial charge < -0.3 is 9.52 Å². The molecule has 0 bridgehead atoms. The highest BCUT2D eigenvalue weighted by Gasteiger charge is 2.32. The molecule has 134 valence electrons. The second-order valence-electron chi connectivity index (χ2n) is 5.28. The van der Waals surface area contributed by atoms with Crippen LogP contribution >= 0.6 is 47.2 Å². The number of furan rings is 1. The van der Waals surface area contributed by atoms with Crippen molar-refractivity contribution in [3.63, 3.8) is 0 Å². The largest absolute Gasteiger partial charge is 0.481 e. The third-order valence-electron chi connectivity index (χ3n) is 3.53. The van der Waals surface area contributed by atoms with Crippen molar-refractivity contribution >= 4 is 69.5 Å². The van der Waals surface area contributed by atoms with Crippen LogP contribution in [0.3, 0.4) is 0 Å². The molecule has 1 aliphatic rings. The highest BCUT2D eigenvalue weighted by molar-refractivity contribution is 8.26. The standard InChI is InChI=1S/C17H11Cl2NO4S2/c18-10-2-1-3-11(19)15(10)12-5-4-9(24-12)8-13-16(23)20(17(25)26-13)7-6-14(21)22/h1-5,8H,6-7H2,(H,21,22)/b13-8-. The van der Waals surface area contributed by atoms with Crippen LogP contribution in [0.1, 0.15) is 12.2 Å². The van der Waals surface area contributed by atoms with Crippen LogP contribution in [-0.4, -0.2) is 32.7 Å². The molecule has 1 aliphatic heterocycles. The van der Waals surface area contributed by atoms with Crippen molar-refractivity contribution in [3.8, 4) is 11.3 Å². The number of amides is 1. The molecule has 1 amide bonds. The number of thioether (sulfide) groups is 1. The number of halogens is 2. The van der Waals surface area contributed by atoms with Gasteiger partial charge in [0, 0.05) is 12.6 Å². The van der Waals surface area contributed by atoms with Crippen LogP contribution in [0.5, 0.6) is 0 Å². The first-order chi connectivity index (χ1) is 12.4. The van der Waals surface area contributed by atoms with Crippen molar-refractivity contribution in [1.82, 2.24) is 4.90 Å². The molecule has 9 heteroatoms. The summed E-state index contributed by atoms with van der Waals surface area (Å²) in [6, 6.07) is 8.56. The van der Waals surface area contributed by atoms with E-state index in [4.69, 9.17) is 44.9 Å². The minimum atomic E-state index is -0.990. The number of carbonyl (C=O) groups excluding carboxylic acids is 1. The van der Waals surface area contributed by atoms with Crippen molar-refractivity contribution in [3.05, 3.63) is 51.0 Å². The fraction of sp³-hybridized carbons (Fsp3) is 0.118. The maximum absolute atomic E-state index is 12.4. The number of carbonyl (C=O) groups is 2. The second kappa shape index (κ2) is 7.84. The molecule has 1 N–H and O–H groups in total. The second-order valence-corrected chi connectivity index (χ2v) is 7.77. The molecular weight excluding hydrogens is 417 g/mol. The van der Waals surface area contributed by atoms with Crippen LogP contribution in [0.25, 0.3) is 17.4 Å². The number of nitrogens with zero attached hydrogens (tertiary/aromatic N) is 1. The van der Waals surface area contributed by atoms with Gasteiger partial charge in [0.25, 0.3) is 5.91 Å². The first-order valence-corrected chi connectivity index (χ1v) is 9.36. The summed E-state index contributed by atoms with van der Waals surface area (Å²) >= 11 is 18.6. The van der Waals surface area contributed by atoms with Crippen molar-refractivity contribution in [2.24, 2.45) is 0 Å². The van der Waals surface area contributed by atoms with Gasteiger partial charge in [0.15, 0.2) is 0 Å². The summed E-state index contributed by atoms with van der Waals surface area (Å²) in [6.07, 6.45) is 1.39. The van der Waals surface area contributed by atoms with Crippen molar-refractivity contribution in [2.45, 2.75) is 6.42 Å². The van der Waals surface area contributed by atoms with Gasteiger partial charge in [0.2, 0.25) is 0 Å². The van der Waals surface area contributed by atoms with Crippen molar-refractivity contribution in [1.29, 1.82) is 0 Å². The van der Waals surface area contributed by atoms with E-state index in [-0.39, 0.29) is 18.9 Å². The van der Waals surface area contributed by atoms with Crippen molar-refractivity contribution in [2.75, 3.05) is 6.54 Å². The fourth-order valence-electron chi connectivity index (χ4n) is 2.33. The topological polar surface area (TPSA) is 70.8 Å².